The molecule has 0 atom stereocenters. The topological polar surface area (TPSA) is 112 Å². The van der Waals surface area contributed by atoms with Crippen LogP contribution < -0.4 is 10.3 Å². The highest BCUT2D eigenvalue weighted by atomic mass is 32.2. The Labute approximate surface area is 127 Å². The van der Waals surface area contributed by atoms with Crippen molar-refractivity contribution >= 4 is 27.9 Å². The second kappa shape index (κ2) is 6.66. The number of carbonyl (C=O) groups excluding carboxylic acids is 1. The average Bonchev–Trinajstić information content (AvgIpc) is 2.34. The molecule has 22 heavy (non-hydrogen) atoms. The zero-order valence-corrected chi connectivity index (χ0v) is 12.9. The molecule has 1 aromatic heterocycles. The molecule has 0 saturated heterocycles. The number of rotatable bonds is 5. The lowest BCUT2D eigenvalue weighted by Gasteiger charge is -2.12. The fourth-order valence-corrected chi connectivity index (χ4v) is 2.36. The third-order valence-electron chi connectivity index (χ3n) is 2.07. The summed E-state index contributed by atoms with van der Waals surface area (Å²) >= 11 is 0.464. The van der Waals surface area contributed by atoms with Crippen molar-refractivity contribution in [3.8, 4) is 0 Å². The fraction of sp³-hybridized carbons (Fsp3) is 0.444. The molecule has 0 aliphatic carbocycles. The Bertz CT molecular complexity index is 714. The first-order chi connectivity index (χ1) is 9.91. The maximum atomic E-state index is 12.5. The van der Waals surface area contributed by atoms with E-state index in [1.165, 1.54) is 14.1 Å². The van der Waals surface area contributed by atoms with Gasteiger partial charge in [-0.05, 0) is 0 Å². The van der Waals surface area contributed by atoms with E-state index in [0.717, 1.165) is 4.31 Å². The molecule has 0 aliphatic rings. The van der Waals surface area contributed by atoms with Gasteiger partial charge in [0, 0.05) is 20.2 Å². The molecule has 124 valence electrons. The maximum absolute atomic E-state index is 12.5. The van der Waals surface area contributed by atoms with Crippen LogP contribution in [0.4, 0.5) is 13.2 Å². The smallest absolute Gasteiger partial charge is 0.301 e. The molecule has 1 aromatic rings. The number of amides is 1. The second-order valence-electron chi connectivity index (χ2n) is 4.03. The highest BCUT2D eigenvalue weighted by Gasteiger charge is 2.33. The molecule has 0 saturated carbocycles. The molecule has 1 amide bonds. The van der Waals surface area contributed by atoms with Crippen molar-refractivity contribution in [3.05, 3.63) is 22.1 Å². The summed E-state index contributed by atoms with van der Waals surface area (Å²) in [5, 5.41) is -0.447. The molecular weight excluding hydrogens is 349 g/mol. The lowest BCUT2D eigenvalue weighted by molar-refractivity contribution is -0.141. The van der Waals surface area contributed by atoms with Crippen LogP contribution in [0.15, 0.2) is 16.0 Å². The van der Waals surface area contributed by atoms with Crippen LogP contribution in [0.3, 0.4) is 0 Å². The van der Waals surface area contributed by atoms with Crippen molar-refractivity contribution in [2.24, 2.45) is 0 Å². The van der Waals surface area contributed by atoms with E-state index in [4.69, 9.17) is 0 Å². The summed E-state index contributed by atoms with van der Waals surface area (Å²) in [5.41, 5.74) is -2.44. The zero-order chi connectivity index (χ0) is 17.1. The molecule has 0 radical (unpaired) electrons. The minimum absolute atomic E-state index is 0.278. The predicted molar refractivity (Wildman–Crippen MR) is 71.3 cm³/mol. The molecule has 0 spiro atoms. The third kappa shape index (κ3) is 5.31. The normalized spacial score (nSPS) is 12.5. The number of carbonyl (C=O) groups is 1. The summed E-state index contributed by atoms with van der Waals surface area (Å²) in [6, 6.07) is 0.278. The van der Waals surface area contributed by atoms with Crippen LogP contribution in [0, 0.1) is 0 Å². The number of nitrogens with one attached hydrogen (secondary N) is 2. The van der Waals surface area contributed by atoms with Crippen LogP contribution in [-0.2, 0) is 21.2 Å². The van der Waals surface area contributed by atoms with Crippen LogP contribution in [0.25, 0.3) is 0 Å². The van der Waals surface area contributed by atoms with Crippen molar-refractivity contribution < 1.29 is 26.4 Å². The van der Waals surface area contributed by atoms with Gasteiger partial charge in [-0.25, -0.2) is 9.71 Å². The van der Waals surface area contributed by atoms with Gasteiger partial charge in [0.1, 0.15) is 0 Å². The minimum atomic E-state index is -4.81. The minimum Gasteiger partial charge on any atom is -0.301 e. The molecule has 2 N–H and O–H groups in total. The summed E-state index contributed by atoms with van der Waals surface area (Å²) < 4.78 is 62.5. The molecule has 1 heterocycles. The van der Waals surface area contributed by atoms with E-state index >= 15 is 0 Å². The van der Waals surface area contributed by atoms with Gasteiger partial charge in [-0.15, -0.1) is 0 Å². The summed E-state index contributed by atoms with van der Waals surface area (Å²) in [6.07, 6.45) is -4.81. The first-order valence-corrected chi connectivity index (χ1v) is 7.89. The largest absolute Gasteiger partial charge is 0.433 e. The van der Waals surface area contributed by atoms with Crippen molar-refractivity contribution in [2.45, 2.75) is 11.3 Å². The number of alkyl halides is 3. The van der Waals surface area contributed by atoms with Crippen molar-refractivity contribution in [1.29, 1.82) is 0 Å². The Balaban J connectivity index is 2.79. The standard InChI is InChI=1S/C9H11F3N4O4S2/c1-16(2)22(19,20)15-7(18)4-21-8-13-5(9(10,11)12)3-6(17)14-8/h3H,4H2,1-2H3,(H,15,18)(H,13,14,17). The number of hydrogen-bond acceptors (Lipinski definition) is 6. The Hall–Kier alpha value is -1.60. The molecule has 0 bridgehead atoms. The third-order valence-corrected chi connectivity index (χ3v) is 4.39. The first-order valence-electron chi connectivity index (χ1n) is 5.46. The van der Waals surface area contributed by atoms with Gasteiger partial charge in [0.25, 0.3) is 5.56 Å². The quantitative estimate of drug-likeness (QED) is 0.556. The lowest BCUT2D eigenvalue weighted by atomic mass is 10.4. The number of nitrogens with zero attached hydrogens (tertiary/aromatic N) is 2. The summed E-state index contributed by atoms with van der Waals surface area (Å²) in [4.78, 5) is 27.7. The Morgan fingerprint density at radius 1 is 1.45 bits per heavy atom. The van der Waals surface area contributed by atoms with Crippen LogP contribution in [0.2, 0.25) is 0 Å². The second-order valence-corrected chi connectivity index (χ2v) is 6.88. The fourth-order valence-electron chi connectivity index (χ4n) is 1.05. The van der Waals surface area contributed by atoms with E-state index in [-0.39, 0.29) is 6.07 Å². The van der Waals surface area contributed by atoms with Crippen LogP contribution in [0.5, 0.6) is 0 Å². The molecule has 0 unspecified atom stereocenters. The number of aromatic amines is 1. The van der Waals surface area contributed by atoms with Gasteiger partial charge in [-0.1, -0.05) is 11.8 Å². The Kier molecular flexibility index (Phi) is 5.59. The van der Waals surface area contributed by atoms with Gasteiger partial charge in [-0.3, -0.25) is 9.59 Å². The van der Waals surface area contributed by atoms with Gasteiger partial charge in [0.05, 0.1) is 5.75 Å². The molecular formula is C9H11F3N4O4S2. The summed E-state index contributed by atoms with van der Waals surface area (Å²) in [5.74, 6) is -1.52. The Morgan fingerprint density at radius 3 is 2.55 bits per heavy atom. The number of thioether (sulfide) groups is 1. The van der Waals surface area contributed by atoms with Gasteiger partial charge in [0.2, 0.25) is 5.91 Å². The molecule has 8 nitrogen and oxygen atoms in total. The number of aromatic nitrogens is 2. The molecule has 13 heteroatoms. The SMILES string of the molecule is CN(C)S(=O)(=O)NC(=O)CSc1nc(C(F)(F)F)cc(=O)[nH]1. The van der Waals surface area contributed by atoms with E-state index in [9.17, 15) is 31.2 Å². The molecule has 1 rings (SSSR count). The van der Waals surface area contributed by atoms with Crippen LogP contribution in [-0.4, -0.2) is 48.4 Å². The first kappa shape index (κ1) is 18.4. The van der Waals surface area contributed by atoms with Gasteiger partial charge in [0.15, 0.2) is 10.9 Å². The summed E-state index contributed by atoms with van der Waals surface area (Å²) in [6.45, 7) is 0. The predicted octanol–water partition coefficient (Wildman–Crippen LogP) is -0.197. The van der Waals surface area contributed by atoms with Crippen LogP contribution >= 0.6 is 11.8 Å². The number of H-pyrrole nitrogens is 1. The number of hydrogen-bond donors (Lipinski definition) is 2. The zero-order valence-electron chi connectivity index (χ0n) is 11.3. The Morgan fingerprint density at radius 2 is 2.05 bits per heavy atom. The molecule has 0 aromatic carbocycles. The van der Waals surface area contributed by atoms with Gasteiger partial charge >= 0.3 is 16.4 Å². The van der Waals surface area contributed by atoms with E-state index in [1.54, 1.807) is 4.72 Å². The number of halogens is 3. The molecule has 0 aliphatic heterocycles. The van der Waals surface area contributed by atoms with Crippen molar-refractivity contribution in [1.82, 2.24) is 19.0 Å². The van der Waals surface area contributed by atoms with Gasteiger partial charge in [-0.2, -0.15) is 25.9 Å². The van der Waals surface area contributed by atoms with Crippen LogP contribution in [0.1, 0.15) is 5.69 Å². The lowest BCUT2D eigenvalue weighted by Crippen LogP contribution is -2.40. The van der Waals surface area contributed by atoms with Gasteiger partial charge < -0.3 is 4.98 Å². The van der Waals surface area contributed by atoms with E-state index in [1.807, 2.05) is 4.98 Å². The molecule has 0 fully saturated rings. The monoisotopic (exact) mass is 360 g/mol. The summed E-state index contributed by atoms with van der Waals surface area (Å²) in [7, 11) is -1.62. The van der Waals surface area contributed by atoms with E-state index in [2.05, 4.69) is 4.98 Å². The van der Waals surface area contributed by atoms with E-state index in [0.29, 0.717) is 11.8 Å². The highest BCUT2D eigenvalue weighted by molar-refractivity contribution is 7.99. The highest BCUT2D eigenvalue weighted by Crippen LogP contribution is 2.27. The van der Waals surface area contributed by atoms with Crippen molar-refractivity contribution in [2.75, 3.05) is 19.8 Å². The van der Waals surface area contributed by atoms with E-state index < -0.39 is 44.5 Å². The average molecular weight is 360 g/mol. The van der Waals surface area contributed by atoms with Crippen molar-refractivity contribution in [3.63, 3.8) is 0 Å². The maximum Gasteiger partial charge on any atom is 0.433 e.